The highest BCUT2D eigenvalue weighted by molar-refractivity contribution is 5.92. The summed E-state index contributed by atoms with van der Waals surface area (Å²) in [4.78, 5) is 22.5. The average molecular weight is 277 g/mol. The molecule has 0 bridgehead atoms. The van der Waals surface area contributed by atoms with Crippen molar-refractivity contribution >= 4 is 17.4 Å². The normalized spacial score (nSPS) is 15.1. The molecule has 0 aliphatic heterocycles. The summed E-state index contributed by atoms with van der Waals surface area (Å²) in [7, 11) is 0. The Hall–Kier alpha value is -2.11. The van der Waals surface area contributed by atoms with Gasteiger partial charge in [0, 0.05) is 12.1 Å². The van der Waals surface area contributed by atoms with Crippen molar-refractivity contribution in [2.24, 2.45) is 0 Å². The second-order valence-corrected chi connectivity index (χ2v) is 5.29. The molecule has 0 atom stereocenters. The number of amides is 2. The SMILES string of the molecule is Cc1cc(NC(=O)NC2CCCC2)c([N+](=O)[O-])cc1C. The van der Waals surface area contributed by atoms with E-state index in [9.17, 15) is 14.9 Å². The van der Waals surface area contributed by atoms with Gasteiger partial charge in [0.05, 0.1) is 4.92 Å². The van der Waals surface area contributed by atoms with Crippen molar-refractivity contribution in [2.45, 2.75) is 45.6 Å². The number of aryl methyl sites for hydroxylation is 2. The second-order valence-electron chi connectivity index (χ2n) is 5.29. The van der Waals surface area contributed by atoms with Crippen LogP contribution in [0.25, 0.3) is 0 Å². The van der Waals surface area contributed by atoms with Crippen LogP contribution in [0.2, 0.25) is 0 Å². The predicted octanol–water partition coefficient (Wildman–Crippen LogP) is 3.28. The van der Waals surface area contributed by atoms with Gasteiger partial charge in [0.15, 0.2) is 0 Å². The Labute approximate surface area is 117 Å². The van der Waals surface area contributed by atoms with Gasteiger partial charge in [0.1, 0.15) is 5.69 Å². The van der Waals surface area contributed by atoms with Crippen molar-refractivity contribution in [3.63, 3.8) is 0 Å². The first-order valence-corrected chi connectivity index (χ1v) is 6.80. The van der Waals surface area contributed by atoms with Gasteiger partial charge in [-0.25, -0.2) is 4.79 Å². The third-order valence-corrected chi connectivity index (χ3v) is 3.75. The van der Waals surface area contributed by atoms with Gasteiger partial charge in [-0.15, -0.1) is 0 Å². The minimum absolute atomic E-state index is 0.0744. The summed E-state index contributed by atoms with van der Waals surface area (Å²) >= 11 is 0. The quantitative estimate of drug-likeness (QED) is 0.656. The number of rotatable bonds is 3. The smallest absolute Gasteiger partial charge is 0.319 e. The molecule has 0 radical (unpaired) electrons. The molecule has 1 saturated carbocycles. The number of nitrogens with one attached hydrogen (secondary N) is 2. The van der Waals surface area contributed by atoms with Crippen molar-refractivity contribution in [2.75, 3.05) is 5.32 Å². The highest BCUT2D eigenvalue weighted by atomic mass is 16.6. The molecule has 1 aliphatic rings. The van der Waals surface area contributed by atoms with Crippen LogP contribution < -0.4 is 10.6 Å². The van der Waals surface area contributed by atoms with Gasteiger partial charge >= 0.3 is 6.03 Å². The van der Waals surface area contributed by atoms with Gasteiger partial charge in [-0.2, -0.15) is 0 Å². The number of anilines is 1. The van der Waals surface area contributed by atoms with Crippen LogP contribution in [-0.2, 0) is 0 Å². The van der Waals surface area contributed by atoms with Crippen LogP contribution in [0.15, 0.2) is 12.1 Å². The Morgan fingerprint density at radius 3 is 2.45 bits per heavy atom. The largest absolute Gasteiger partial charge is 0.335 e. The van der Waals surface area contributed by atoms with E-state index in [1.807, 2.05) is 13.8 Å². The maximum atomic E-state index is 11.9. The van der Waals surface area contributed by atoms with Crippen molar-refractivity contribution in [3.05, 3.63) is 33.4 Å². The van der Waals surface area contributed by atoms with Crippen LogP contribution in [0, 0.1) is 24.0 Å². The van der Waals surface area contributed by atoms with E-state index in [1.165, 1.54) is 6.07 Å². The number of urea groups is 1. The van der Waals surface area contributed by atoms with E-state index in [1.54, 1.807) is 6.07 Å². The standard InChI is InChI=1S/C14H19N3O3/c1-9-7-12(13(17(19)20)8-10(9)2)16-14(18)15-11-5-3-4-6-11/h7-8,11H,3-6H2,1-2H3,(H2,15,16,18). The molecular formula is C14H19N3O3. The Balaban J connectivity index is 2.13. The molecule has 6 heteroatoms. The lowest BCUT2D eigenvalue weighted by molar-refractivity contribution is -0.384. The summed E-state index contributed by atoms with van der Waals surface area (Å²) < 4.78 is 0. The molecule has 0 spiro atoms. The Morgan fingerprint density at radius 1 is 1.25 bits per heavy atom. The fourth-order valence-electron chi connectivity index (χ4n) is 2.47. The molecule has 0 aromatic heterocycles. The van der Waals surface area contributed by atoms with Crippen LogP contribution in [0.5, 0.6) is 0 Å². The highest BCUT2D eigenvalue weighted by Gasteiger charge is 2.20. The number of nitro benzene ring substituents is 1. The monoisotopic (exact) mass is 277 g/mol. The van der Waals surface area contributed by atoms with E-state index in [0.29, 0.717) is 0 Å². The fraction of sp³-hybridized carbons (Fsp3) is 0.500. The topological polar surface area (TPSA) is 84.3 Å². The molecule has 2 rings (SSSR count). The Morgan fingerprint density at radius 2 is 1.85 bits per heavy atom. The molecular weight excluding hydrogens is 258 g/mol. The lowest BCUT2D eigenvalue weighted by atomic mass is 10.1. The molecule has 1 aromatic rings. The van der Waals surface area contributed by atoms with Gasteiger partial charge in [0.2, 0.25) is 0 Å². The van der Waals surface area contributed by atoms with E-state index >= 15 is 0 Å². The molecule has 0 unspecified atom stereocenters. The summed E-state index contributed by atoms with van der Waals surface area (Å²) in [6, 6.07) is 2.94. The summed E-state index contributed by atoms with van der Waals surface area (Å²) in [5.41, 5.74) is 1.91. The molecule has 2 amide bonds. The fourth-order valence-corrected chi connectivity index (χ4v) is 2.47. The van der Waals surface area contributed by atoms with E-state index in [4.69, 9.17) is 0 Å². The first-order chi connectivity index (χ1) is 9.47. The summed E-state index contributed by atoms with van der Waals surface area (Å²) in [5, 5.41) is 16.5. The number of hydrogen-bond acceptors (Lipinski definition) is 3. The number of nitro groups is 1. The third-order valence-electron chi connectivity index (χ3n) is 3.75. The summed E-state index contributed by atoms with van der Waals surface area (Å²) in [5.74, 6) is 0. The Kier molecular flexibility index (Phi) is 4.22. The molecule has 0 saturated heterocycles. The predicted molar refractivity (Wildman–Crippen MR) is 77.0 cm³/mol. The first kappa shape index (κ1) is 14.3. The minimum Gasteiger partial charge on any atom is -0.335 e. The number of benzene rings is 1. The summed E-state index contributed by atoms with van der Waals surface area (Å²) in [6.07, 6.45) is 4.19. The van der Waals surface area contributed by atoms with Crippen molar-refractivity contribution in [1.29, 1.82) is 0 Å². The average Bonchev–Trinajstić information content (AvgIpc) is 2.85. The van der Waals surface area contributed by atoms with Crippen molar-refractivity contribution in [3.8, 4) is 0 Å². The van der Waals surface area contributed by atoms with Crippen molar-refractivity contribution in [1.82, 2.24) is 5.32 Å². The van der Waals surface area contributed by atoms with Gasteiger partial charge in [-0.1, -0.05) is 12.8 Å². The lowest BCUT2D eigenvalue weighted by Crippen LogP contribution is -2.36. The van der Waals surface area contributed by atoms with Crippen LogP contribution in [0.4, 0.5) is 16.2 Å². The molecule has 6 nitrogen and oxygen atoms in total. The van der Waals surface area contributed by atoms with Gasteiger partial charge < -0.3 is 10.6 Å². The van der Waals surface area contributed by atoms with Gasteiger partial charge in [-0.3, -0.25) is 10.1 Å². The minimum atomic E-state index is -0.475. The zero-order chi connectivity index (χ0) is 14.7. The van der Waals surface area contributed by atoms with Gasteiger partial charge in [-0.05, 0) is 43.9 Å². The van der Waals surface area contributed by atoms with Crippen molar-refractivity contribution < 1.29 is 9.72 Å². The zero-order valence-corrected chi connectivity index (χ0v) is 11.7. The molecule has 2 N–H and O–H groups in total. The van der Waals surface area contributed by atoms with E-state index in [-0.39, 0.29) is 23.4 Å². The first-order valence-electron chi connectivity index (χ1n) is 6.80. The summed E-state index contributed by atoms with van der Waals surface area (Å²) in [6.45, 7) is 3.67. The highest BCUT2D eigenvalue weighted by Crippen LogP contribution is 2.28. The zero-order valence-electron chi connectivity index (χ0n) is 11.7. The van der Waals surface area contributed by atoms with Crippen LogP contribution >= 0.6 is 0 Å². The number of carbonyl (C=O) groups is 1. The lowest BCUT2D eigenvalue weighted by Gasteiger charge is -2.13. The second kappa shape index (κ2) is 5.90. The molecule has 108 valence electrons. The van der Waals surface area contributed by atoms with Crippen LogP contribution in [-0.4, -0.2) is 17.0 Å². The maximum Gasteiger partial charge on any atom is 0.319 e. The number of hydrogen-bond donors (Lipinski definition) is 2. The molecule has 1 aliphatic carbocycles. The molecule has 0 heterocycles. The van der Waals surface area contributed by atoms with Crippen LogP contribution in [0.3, 0.4) is 0 Å². The van der Waals surface area contributed by atoms with E-state index in [0.717, 1.165) is 36.8 Å². The molecule has 1 aromatic carbocycles. The van der Waals surface area contributed by atoms with Crippen LogP contribution in [0.1, 0.15) is 36.8 Å². The van der Waals surface area contributed by atoms with E-state index in [2.05, 4.69) is 10.6 Å². The number of nitrogens with zero attached hydrogens (tertiary/aromatic N) is 1. The molecule has 20 heavy (non-hydrogen) atoms. The Bertz CT molecular complexity index is 537. The maximum absolute atomic E-state index is 11.9. The van der Waals surface area contributed by atoms with E-state index < -0.39 is 4.92 Å². The number of carbonyl (C=O) groups excluding carboxylic acids is 1. The molecule has 1 fully saturated rings. The van der Waals surface area contributed by atoms with Gasteiger partial charge in [0.25, 0.3) is 5.69 Å². The third kappa shape index (κ3) is 3.26.